The summed E-state index contributed by atoms with van der Waals surface area (Å²) in [6.45, 7) is 11.0. The number of hydrogen-bond donors (Lipinski definition) is 4. The van der Waals surface area contributed by atoms with Crippen LogP contribution in [0.25, 0.3) is 0 Å². The molecule has 0 aromatic heterocycles. The molecule has 4 unspecified atom stereocenters. The second-order valence-corrected chi connectivity index (χ2v) is 12.2. The molecule has 0 saturated heterocycles. The van der Waals surface area contributed by atoms with E-state index in [0.717, 1.165) is 22.3 Å². The standard InChI is InChI=1S/C33H37BrN2O6/c1-7-42-26-15-21(14-22(34)30(26)38)27-28(31(39)35-23-12-17(2)8-10-19(23)4)25(37)16-33(6,41)29(27)32(40)36-24-13-18(3)9-11-20(24)5/h8-15,27-29,38,41H,7,16H2,1-6H3,(H,35,39)(H,36,40). The van der Waals surface area contributed by atoms with Gasteiger partial charge in [-0.25, -0.2) is 0 Å². The van der Waals surface area contributed by atoms with Crippen LogP contribution in [-0.4, -0.2) is 40.0 Å². The van der Waals surface area contributed by atoms with Crippen molar-refractivity contribution in [2.24, 2.45) is 11.8 Å². The van der Waals surface area contributed by atoms with Crippen molar-refractivity contribution in [2.75, 3.05) is 17.2 Å². The Bertz CT molecular complexity index is 1550. The van der Waals surface area contributed by atoms with Gasteiger partial charge in [0.1, 0.15) is 11.7 Å². The highest BCUT2D eigenvalue weighted by Crippen LogP contribution is 2.49. The molecule has 42 heavy (non-hydrogen) atoms. The lowest BCUT2D eigenvalue weighted by Crippen LogP contribution is -2.56. The molecule has 1 aliphatic rings. The number of benzene rings is 3. The number of aryl methyl sites for hydroxylation is 4. The second-order valence-electron chi connectivity index (χ2n) is 11.4. The molecular formula is C33H37BrN2O6. The zero-order chi connectivity index (χ0) is 30.9. The van der Waals surface area contributed by atoms with E-state index in [0.29, 0.717) is 16.9 Å². The van der Waals surface area contributed by atoms with Crippen molar-refractivity contribution < 1.29 is 29.3 Å². The highest BCUT2D eigenvalue weighted by molar-refractivity contribution is 9.10. The van der Waals surface area contributed by atoms with Gasteiger partial charge < -0.3 is 25.6 Å². The van der Waals surface area contributed by atoms with Gasteiger partial charge in [0.05, 0.1) is 22.6 Å². The van der Waals surface area contributed by atoms with Crippen LogP contribution in [-0.2, 0) is 14.4 Å². The van der Waals surface area contributed by atoms with E-state index in [4.69, 9.17) is 4.74 Å². The molecular weight excluding hydrogens is 600 g/mol. The molecule has 8 nitrogen and oxygen atoms in total. The summed E-state index contributed by atoms with van der Waals surface area (Å²) in [5.41, 5.74) is 3.25. The van der Waals surface area contributed by atoms with Gasteiger partial charge >= 0.3 is 0 Å². The lowest BCUT2D eigenvalue weighted by Gasteiger charge is -2.44. The van der Waals surface area contributed by atoms with Crippen LogP contribution in [0.3, 0.4) is 0 Å². The lowest BCUT2D eigenvalue weighted by molar-refractivity contribution is -0.150. The van der Waals surface area contributed by atoms with Crippen LogP contribution in [0.4, 0.5) is 11.4 Å². The molecule has 3 aromatic rings. The van der Waals surface area contributed by atoms with Gasteiger partial charge in [-0.05, 0) is 110 Å². The smallest absolute Gasteiger partial charge is 0.235 e. The number of aliphatic hydroxyl groups is 1. The quantitative estimate of drug-likeness (QED) is 0.232. The number of carbonyl (C=O) groups excluding carboxylic acids is 3. The average Bonchev–Trinajstić information content (AvgIpc) is 2.89. The van der Waals surface area contributed by atoms with Crippen LogP contribution in [0, 0.1) is 39.5 Å². The molecule has 0 spiro atoms. The Kier molecular flexibility index (Phi) is 9.13. The molecule has 3 aromatic carbocycles. The summed E-state index contributed by atoms with van der Waals surface area (Å²) in [7, 11) is 0. The van der Waals surface area contributed by atoms with E-state index in [-0.39, 0.29) is 22.6 Å². The fourth-order valence-corrected chi connectivity index (χ4v) is 6.17. The molecule has 4 N–H and O–H groups in total. The molecule has 4 atom stereocenters. The van der Waals surface area contributed by atoms with E-state index >= 15 is 0 Å². The number of nitrogens with one attached hydrogen (secondary N) is 2. The SMILES string of the molecule is CCOc1cc(C2C(C(=O)Nc3cc(C)ccc3C)C(=O)CC(C)(O)C2C(=O)Nc2cc(C)ccc2C)cc(Br)c1O. The third-order valence-electron chi connectivity index (χ3n) is 7.87. The van der Waals surface area contributed by atoms with Gasteiger partial charge in [-0.2, -0.15) is 0 Å². The van der Waals surface area contributed by atoms with Crippen LogP contribution in [0.15, 0.2) is 53.0 Å². The van der Waals surface area contributed by atoms with Crippen molar-refractivity contribution in [3.8, 4) is 11.5 Å². The highest BCUT2D eigenvalue weighted by Gasteiger charge is 2.56. The highest BCUT2D eigenvalue weighted by atomic mass is 79.9. The summed E-state index contributed by atoms with van der Waals surface area (Å²) in [6, 6.07) is 14.4. The fraction of sp³-hybridized carbons (Fsp3) is 0.364. The monoisotopic (exact) mass is 636 g/mol. The maximum atomic E-state index is 14.1. The number of halogens is 1. The minimum Gasteiger partial charge on any atom is -0.503 e. The van der Waals surface area contributed by atoms with Crippen LogP contribution in [0.2, 0.25) is 0 Å². The molecule has 1 fully saturated rings. The normalized spacial score (nSPS) is 22.0. The van der Waals surface area contributed by atoms with E-state index in [1.807, 2.05) is 64.1 Å². The summed E-state index contributed by atoms with van der Waals surface area (Å²) in [5.74, 6) is -5.25. The van der Waals surface area contributed by atoms with Crippen molar-refractivity contribution in [3.05, 3.63) is 80.8 Å². The Hall–Kier alpha value is -3.69. The van der Waals surface area contributed by atoms with Gasteiger partial charge in [0, 0.05) is 23.7 Å². The molecule has 4 rings (SSSR count). The van der Waals surface area contributed by atoms with Crippen LogP contribution < -0.4 is 15.4 Å². The molecule has 0 radical (unpaired) electrons. The van der Waals surface area contributed by atoms with Crippen LogP contribution >= 0.6 is 15.9 Å². The zero-order valence-corrected chi connectivity index (χ0v) is 26.3. The minimum absolute atomic E-state index is 0.127. The predicted molar refractivity (Wildman–Crippen MR) is 166 cm³/mol. The second kappa shape index (κ2) is 12.3. The minimum atomic E-state index is -1.78. The number of ether oxygens (including phenoxy) is 1. The van der Waals surface area contributed by atoms with Crippen molar-refractivity contribution in [2.45, 2.75) is 59.5 Å². The van der Waals surface area contributed by atoms with E-state index in [1.165, 1.54) is 13.0 Å². The average molecular weight is 638 g/mol. The number of aromatic hydroxyl groups is 1. The van der Waals surface area contributed by atoms with Crippen LogP contribution in [0.1, 0.15) is 54.0 Å². The summed E-state index contributed by atoms with van der Waals surface area (Å²) in [4.78, 5) is 41.8. The molecule has 9 heteroatoms. The maximum Gasteiger partial charge on any atom is 0.235 e. The van der Waals surface area contributed by atoms with Crippen molar-refractivity contribution in [1.29, 1.82) is 0 Å². The Balaban J connectivity index is 1.88. The van der Waals surface area contributed by atoms with E-state index in [2.05, 4.69) is 26.6 Å². The molecule has 0 aliphatic heterocycles. The molecule has 2 amide bonds. The number of anilines is 2. The molecule has 1 saturated carbocycles. The van der Waals surface area contributed by atoms with Crippen molar-refractivity contribution in [3.63, 3.8) is 0 Å². The third-order valence-corrected chi connectivity index (χ3v) is 8.47. The molecule has 1 aliphatic carbocycles. The Morgan fingerprint density at radius 1 is 0.952 bits per heavy atom. The van der Waals surface area contributed by atoms with Gasteiger partial charge in [-0.3, -0.25) is 14.4 Å². The Labute approximate surface area is 254 Å². The topological polar surface area (TPSA) is 125 Å². The first kappa shape index (κ1) is 31.3. The Morgan fingerprint density at radius 2 is 1.50 bits per heavy atom. The first-order chi connectivity index (χ1) is 19.7. The zero-order valence-electron chi connectivity index (χ0n) is 24.7. The number of ketones is 1. The number of phenolic OH excluding ortho intramolecular Hbond substituents is 1. The summed E-state index contributed by atoms with van der Waals surface area (Å²) in [6.07, 6.45) is -0.392. The lowest BCUT2D eigenvalue weighted by atomic mass is 9.61. The number of carbonyl (C=O) groups is 3. The van der Waals surface area contributed by atoms with Crippen molar-refractivity contribution >= 4 is 44.9 Å². The largest absolute Gasteiger partial charge is 0.503 e. The first-order valence-electron chi connectivity index (χ1n) is 13.9. The first-order valence-corrected chi connectivity index (χ1v) is 14.7. The van der Waals surface area contributed by atoms with Gasteiger partial charge in [0.15, 0.2) is 11.5 Å². The fourth-order valence-electron chi connectivity index (χ4n) is 5.71. The number of hydrogen-bond acceptors (Lipinski definition) is 6. The number of Topliss-reactive ketones (excluding diaryl/α,β-unsaturated/α-hetero) is 1. The molecule has 0 heterocycles. The van der Waals surface area contributed by atoms with E-state index in [1.54, 1.807) is 13.0 Å². The van der Waals surface area contributed by atoms with E-state index < -0.39 is 47.4 Å². The Morgan fingerprint density at radius 3 is 2.05 bits per heavy atom. The third kappa shape index (κ3) is 6.37. The number of amides is 2. The number of rotatable bonds is 7. The maximum absolute atomic E-state index is 14.1. The molecule has 222 valence electrons. The predicted octanol–water partition coefficient (Wildman–Crippen LogP) is 6.10. The molecule has 0 bridgehead atoms. The van der Waals surface area contributed by atoms with Crippen LogP contribution in [0.5, 0.6) is 11.5 Å². The van der Waals surface area contributed by atoms with Gasteiger partial charge in [0.25, 0.3) is 0 Å². The van der Waals surface area contributed by atoms with Gasteiger partial charge in [-0.1, -0.05) is 24.3 Å². The van der Waals surface area contributed by atoms with E-state index in [9.17, 15) is 24.6 Å². The summed E-state index contributed by atoms with van der Waals surface area (Å²) < 4.78 is 5.91. The number of phenols is 1. The summed E-state index contributed by atoms with van der Waals surface area (Å²) >= 11 is 3.36. The van der Waals surface area contributed by atoms with Gasteiger partial charge in [0.2, 0.25) is 11.8 Å². The summed E-state index contributed by atoms with van der Waals surface area (Å²) in [5, 5.41) is 28.1. The van der Waals surface area contributed by atoms with Crippen molar-refractivity contribution in [1.82, 2.24) is 0 Å². The van der Waals surface area contributed by atoms with Gasteiger partial charge in [-0.15, -0.1) is 0 Å².